The maximum Gasteiger partial charge on any atom is 0.266 e. The van der Waals surface area contributed by atoms with Gasteiger partial charge >= 0.3 is 0 Å². The number of likely N-dealkylation sites (N-methyl/N-ethyl adjacent to an activating group) is 1. The molecule has 1 aromatic carbocycles. The van der Waals surface area contributed by atoms with Crippen LogP contribution in [0.2, 0.25) is 0 Å². The molecule has 1 N–H and O–H groups in total. The number of aldehydes is 1. The Hall–Kier alpha value is -2.84. The van der Waals surface area contributed by atoms with Crippen LogP contribution in [-0.4, -0.2) is 67.4 Å². The second-order valence-corrected chi connectivity index (χ2v) is 8.59. The normalized spacial score (nSPS) is 17.9. The second kappa shape index (κ2) is 13.5. The van der Waals surface area contributed by atoms with Crippen LogP contribution in [0.15, 0.2) is 41.8 Å². The first-order valence-electron chi connectivity index (χ1n) is 10.8. The summed E-state index contributed by atoms with van der Waals surface area (Å²) in [6, 6.07) is 10.9. The van der Waals surface area contributed by atoms with Crippen molar-refractivity contribution >= 4 is 41.9 Å². The summed E-state index contributed by atoms with van der Waals surface area (Å²) in [5.41, 5.74) is 1.40. The Morgan fingerprint density at radius 2 is 1.72 bits per heavy atom. The smallest absolute Gasteiger partial charge is 0.266 e. The number of amides is 2. The summed E-state index contributed by atoms with van der Waals surface area (Å²) in [5, 5.41) is 4.85. The molecule has 0 saturated carbocycles. The molecule has 2 saturated heterocycles. The van der Waals surface area contributed by atoms with Gasteiger partial charge in [-0.05, 0) is 57.1 Å². The monoisotopic (exact) mass is 457 g/mol. The van der Waals surface area contributed by atoms with Gasteiger partial charge in [-0.2, -0.15) is 0 Å². The predicted octanol–water partition coefficient (Wildman–Crippen LogP) is 3.72. The highest BCUT2D eigenvalue weighted by atomic mass is 32.1. The molecular formula is C24H31N3O4S. The minimum absolute atomic E-state index is 0.00564. The van der Waals surface area contributed by atoms with Gasteiger partial charge in [-0.25, -0.2) is 0 Å². The lowest BCUT2D eigenvalue weighted by Gasteiger charge is -2.26. The Labute approximate surface area is 193 Å². The molecule has 2 fully saturated rings. The minimum Gasteiger partial charge on any atom is -0.338 e. The van der Waals surface area contributed by atoms with Crippen molar-refractivity contribution in [1.29, 1.82) is 0 Å². The van der Waals surface area contributed by atoms with E-state index in [4.69, 9.17) is 4.79 Å². The highest BCUT2D eigenvalue weighted by molar-refractivity contribution is 7.12. The molecule has 3 heterocycles. The fraction of sp³-hybridized carbons (Fsp3) is 0.417. The zero-order valence-corrected chi connectivity index (χ0v) is 19.3. The van der Waals surface area contributed by atoms with E-state index in [0.717, 1.165) is 57.2 Å². The summed E-state index contributed by atoms with van der Waals surface area (Å²) in [5.74, 6) is 0.0656. The van der Waals surface area contributed by atoms with Crippen LogP contribution in [0, 0.1) is 0 Å². The zero-order valence-electron chi connectivity index (χ0n) is 18.5. The Bertz CT molecular complexity index is 865. The molecule has 0 spiro atoms. The molecule has 7 nitrogen and oxygen atoms in total. The number of nitrogens with one attached hydrogen (secondary N) is 1. The molecule has 0 bridgehead atoms. The highest BCUT2D eigenvalue weighted by Gasteiger charge is 2.29. The van der Waals surface area contributed by atoms with Crippen molar-refractivity contribution in [3.8, 4) is 0 Å². The van der Waals surface area contributed by atoms with Gasteiger partial charge in [0.05, 0.1) is 11.7 Å². The Morgan fingerprint density at radius 3 is 2.28 bits per heavy atom. The Morgan fingerprint density at radius 1 is 1.03 bits per heavy atom. The number of hydrogen-bond donors (Lipinski definition) is 1. The SMILES string of the molecule is C=O.CN1CCC[C@@H]1C(=O)Nc1ccsc1C(=O)N1CCCCC1.O=Cc1ccccc1. The van der Waals surface area contributed by atoms with Gasteiger partial charge in [0.25, 0.3) is 5.91 Å². The topological polar surface area (TPSA) is 86.8 Å². The van der Waals surface area contributed by atoms with E-state index in [9.17, 15) is 14.4 Å². The molecule has 2 aromatic rings. The van der Waals surface area contributed by atoms with Gasteiger partial charge < -0.3 is 15.0 Å². The molecular weight excluding hydrogens is 426 g/mol. The van der Waals surface area contributed by atoms with E-state index in [1.165, 1.54) is 17.8 Å². The molecule has 172 valence electrons. The number of hydrogen-bond acceptors (Lipinski definition) is 6. The third-order valence-electron chi connectivity index (χ3n) is 5.52. The Kier molecular flexibility index (Phi) is 10.8. The molecule has 0 unspecified atom stereocenters. The number of rotatable bonds is 4. The number of anilines is 1. The van der Waals surface area contributed by atoms with Crippen LogP contribution in [0.5, 0.6) is 0 Å². The summed E-state index contributed by atoms with van der Waals surface area (Å²) in [6.07, 6.45) is 6.13. The van der Waals surface area contributed by atoms with Crippen LogP contribution < -0.4 is 5.32 Å². The van der Waals surface area contributed by atoms with Gasteiger partial charge in [0.2, 0.25) is 5.91 Å². The lowest BCUT2D eigenvalue weighted by atomic mass is 10.1. The fourth-order valence-corrected chi connectivity index (χ4v) is 4.62. The van der Waals surface area contributed by atoms with Gasteiger partial charge in [-0.15, -0.1) is 11.3 Å². The first kappa shape index (κ1) is 25.4. The third-order valence-corrected chi connectivity index (χ3v) is 6.42. The first-order valence-corrected chi connectivity index (χ1v) is 11.6. The van der Waals surface area contributed by atoms with Crippen LogP contribution in [0.1, 0.15) is 52.1 Å². The third kappa shape index (κ3) is 7.10. The molecule has 1 aromatic heterocycles. The number of likely N-dealkylation sites (tertiary alicyclic amines) is 2. The van der Waals surface area contributed by atoms with Crippen molar-refractivity contribution in [2.24, 2.45) is 0 Å². The van der Waals surface area contributed by atoms with Crippen molar-refractivity contribution in [2.75, 3.05) is 32.0 Å². The fourth-order valence-electron chi connectivity index (χ4n) is 3.80. The largest absolute Gasteiger partial charge is 0.338 e. The molecule has 32 heavy (non-hydrogen) atoms. The quantitative estimate of drug-likeness (QED) is 0.707. The molecule has 1 atom stereocenters. The standard InChI is InChI=1S/C16H23N3O2S.C7H6O.CH2O/c1-18-8-5-6-13(18)15(20)17-12-7-11-22-14(12)16(21)19-9-3-2-4-10-19;8-6-7-4-2-1-3-5-7;1-2/h7,11,13H,2-6,8-10H2,1H3,(H,17,20);1-6H;1H2/t13-;;/m1../s1. The molecule has 0 aliphatic carbocycles. The van der Waals surface area contributed by atoms with E-state index in [-0.39, 0.29) is 17.9 Å². The summed E-state index contributed by atoms with van der Waals surface area (Å²) in [7, 11) is 1.98. The zero-order chi connectivity index (χ0) is 23.3. The van der Waals surface area contributed by atoms with E-state index < -0.39 is 0 Å². The van der Waals surface area contributed by atoms with Crippen molar-refractivity contribution in [3.63, 3.8) is 0 Å². The maximum atomic E-state index is 12.6. The number of benzene rings is 1. The number of carbonyl (C=O) groups is 4. The number of thiophene rings is 1. The van der Waals surface area contributed by atoms with Crippen molar-refractivity contribution in [2.45, 2.75) is 38.1 Å². The van der Waals surface area contributed by atoms with Crippen molar-refractivity contribution in [1.82, 2.24) is 9.80 Å². The lowest BCUT2D eigenvalue weighted by Crippen LogP contribution is -2.38. The van der Waals surface area contributed by atoms with Crippen LogP contribution in [0.25, 0.3) is 0 Å². The lowest BCUT2D eigenvalue weighted by molar-refractivity contribution is -0.119. The van der Waals surface area contributed by atoms with E-state index >= 15 is 0 Å². The van der Waals surface area contributed by atoms with E-state index in [1.807, 2.05) is 48.4 Å². The van der Waals surface area contributed by atoms with Gasteiger partial charge in [-0.1, -0.05) is 30.3 Å². The number of carbonyl (C=O) groups excluding carboxylic acids is 4. The summed E-state index contributed by atoms with van der Waals surface area (Å²) in [4.78, 5) is 47.7. The minimum atomic E-state index is -0.0714. The number of nitrogens with zero attached hydrogens (tertiary/aromatic N) is 2. The second-order valence-electron chi connectivity index (χ2n) is 7.67. The summed E-state index contributed by atoms with van der Waals surface area (Å²) in [6.45, 7) is 4.62. The van der Waals surface area contributed by atoms with E-state index in [0.29, 0.717) is 10.6 Å². The highest BCUT2D eigenvalue weighted by Crippen LogP contribution is 2.26. The van der Waals surface area contributed by atoms with Crippen molar-refractivity contribution < 1.29 is 19.2 Å². The first-order chi connectivity index (χ1) is 15.6. The molecule has 0 radical (unpaired) electrons. The van der Waals surface area contributed by atoms with E-state index in [2.05, 4.69) is 10.2 Å². The molecule has 2 amide bonds. The van der Waals surface area contributed by atoms with Crippen LogP contribution in [-0.2, 0) is 9.59 Å². The van der Waals surface area contributed by atoms with Gasteiger partial charge in [0.1, 0.15) is 18.0 Å². The summed E-state index contributed by atoms with van der Waals surface area (Å²) >= 11 is 1.42. The summed E-state index contributed by atoms with van der Waals surface area (Å²) < 4.78 is 0. The average molecular weight is 458 g/mol. The van der Waals surface area contributed by atoms with Gasteiger partial charge in [0.15, 0.2) is 0 Å². The van der Waals surface area contributed by atoms with Crippen molar-refractivity contribution in [3.05, 3.63) is 52.2 Å². The predicted molar refractivity (Wildman–Crippen MR) is 127 cm³/mol. The Balaban J connectivity index is 0.000000304. The van der Waals surface area contributed by atoms with Gasteiger partial charge in [0, 0.05) is 18.7 Å². The van der Waals surface area contributed by atoms with Crippen LogP contribution in [0.3, 0.4) is 0 Å². The van der Waals surface area contributed by atoms with Gasteiger partial charge in [-0.3, -0.25) is 19.3 Å². The van der Waals surface area contributed by atoms with Crippen LogP contribution in [0.4, 0.5) is 5.69 Å². The molecule has 2 aliphatic rings. The maximum absolute atomic E-state index is 12.6. The van der Waals surface area contributed by atoms with Crippen LogP contribution >= 0.6 is 11.3 Å². The molecule has 4 rings (SSSR count). The molecule has 8 heteroatoms. The molecule has 2 aliphatic heterocycles. The number of piperidine rings is 1. The van der Waals surface area contributed by atoms with E-state index in [1.54, 1.807) is 12.1 Å². The average Bonchev–Trinajstić information content (AvgIpc) is 3.50.